The van der Waals surface area contributed by atoms with Gasteiger partial charge in [0.15, 0.2) is 0 Å². The van der Waals surface area contributed by atoms with Gasteiger partial charge < -0.3 is 20.2 Å². The van der Waals surface area contributed by atoms with Crippen LogP contribution in [0.2, 0.25) is 0 Å². The number of carbonyl (C=O) groups excluding carboxylic acids is 2. The number of carbonyl (C=O) groups is 2. The van der Waals surface area contributed by atoms with Gasteiger partial charge in [0.25, 0.3) is 11.8 Å². The van der Waals surface area contributed by atoms with E-state index in [4.69, 9.17) is 4.42 Å². The molecule has 0 saturated heterocycles. The quantitative estimate of drug-likeness (QED) is 0.192. The Kier molecular flexibility index (Phi) is 8.95. The molecule has 2 heterocycles. The molecule has 0 aliphatic carbocycles. The highest BCUT2D eigenvalue weighted by atomic mass is 32.2. The van der Waals surface area contributed by atoms with E-state index in [1.165, 1.54) is 37.4 Å². The summed E-state index contributed by atoms with van der Waals surface area (Å²) in [6.45, 7) is 3.00. The molecule has 3 N–H and O–H groups in total. The van der Waals surface area contributed by atoms with E-state index in [9.17, 15) is 27.5 Å². The molecule has 0 bridgehead atoms. The maximum absolute atomic E-state index is 13.7. The normalized spacial score (nSPS) is 11.8. The number of amides is 2. The van der Waals surface area contributed by atoms with Crippen molar-refractivity contribution in [1.29, 1.82) is 0 Å². The molecular formula is C34H33FN4O6S. The number of fused-ring (bicyclic) bond motifs is 1. The van der Waals surface area contributed by atoms with Crippen molar-refractivity contribution in [2.24, 2.45) is 0 Å². The lowest BCUT2D eigenvalue weighted by atomic mass is 9.94. The van der Waals surface area contributed by atoms with E-state index in [1.54, 1.807) is 42.7 Å². The second kappa shape index (κ2) is 12.7. The zero-order valence-electron chi connectivity index (χ0n) is 25.7. The van der Waals surface area contributed by atoms with Crippen molar-refractivity contribution >= 4 is 38.5 Å². The first kappa shape index (κ1) is 32.3. The lowest BCUT2D eigenvalue weighted by molar-refractivity contribution is 0.0910. The van der Waals surface area contributed by atoms with Crippen LogP contribution in [0.1, 0.15) is 40.1 Å². The molecule has 0 spiro atoms. The molecule has 0 atom stereocenters. The first-order valence-electron chi connectivity index (χ1n) is 14.3. The molecule has 2 amide bonds. The molecule has 3 aromatic carbocycles. The summed E-state index contributed by atoms with van der Waals surface area (Å²) in [5.41, 5.74) is 2.23. The van der Waals surface area contributed by atoms with E-state index < -0.39 is 33.9 Å². The number of hydrogen-bond acceptors (Lipinski definition) is 7. The van der Waals surface area contributed by atoms with E-state index in [1.807, 2.05) is 26.0 Å². The monoisotopic (exact) mass is 644 g/mol. The van der Waals surface area contributed by atoms with Gasteiger partial charge in [-0.3, -0.25) is 18.9 Å². The van der Waals surface area contributed by atoms with E-state index in [-0.39, 0.29) is 35.0 Å². The van der Waals surface area contributed by atoms with Crippen molar-refractivity contribution < 1.29 is 31.9 Å². The molecule has 12 heteroatoms. The fourth-order valence-corrected chi connectivity index (χ4v) is 6.23. The van der Waals surface area contributed by atoms with Crippen LogP contribution in [0.3, 0.4) is 0 Å². The van der Waals surface area contributed by atoms with E-state index in [0.717, 1.165) is 16.1 Å². The Bertz CT molecular complexity index is 2030. The number of hydrogen-bond donors (Lipinski definition) is 3. The van der Waals surface area contributed by atoms with Crippen molar-refractivity contribution in [3.63, 3.8) is 0 Å². The van der Waals surface area contributed by atoms with Gasteiger partial charge in [0.05, 0.1) is 36.2 Å². The zero-order chi connectivity index (χ0) is 33.2. The molecule has 0 saturated carbocycles. The van der Waals surface area contributed by atoms with Gasteiger partial charge in [-0.2, -0.15) is 0 Å². The SMILES string of the molecule is CNC(=O)c1c(-c2ccc(F)cc2)oc2cc(N(CCO)S(C)(=O)=O)c(-c3cccc(C(=O)NC(C)(C)c4ccncc4)c3)cc12. The van der Waals surface area contributed by atoms with Gasteiger partial charge in [-0.05, 0) is 79.6 Å². The van der Waals surface area contributed by atoms with Gasteiger partial charge in [-0.15, -0.1) is 0 Å². The Morgan fingerprint density at radius 2 is 1.67 bits per heavy atom. The van der Waals surface area contributed by atoms with Crippen molar-refractivity contribution in [1.82, 2.24) is 15.6 Å². The summed E-state index contributed by atoms with van der Waals surface area (Å²) in [5.74, 6) is -1.14. The fourth-order valence-electron chi connectivity index (χ4n) is 5.31. The number of aliphatic hydroxyl groups excluding tert-OH is 1. The van der Waals surface area contributed by atoms with Crippen LogP contribution < -0.4 is 14.9 Å². The lowest BCUT2D eigenvalue weighted by Crippen LogP contribution is -2.41. The molecule has 5 aromatic rings. The van der Waals surface area contributed by atoms with Crippen molar-refractivity contribution in [2.45, 2.75) is 19.4 Å². The smallest absolute Gasteiger partial charge is 0.255 e. The molecule has 0 unspecified atom stereocenters. The third kappa shape index (κ3) is 6.49. The predicted molar refractivity (Wildman–Crippen MR) is 174 cm³/mol. The Morgan fingerprint density at radius 1 is 0.978 bits per heavy atom. The standard InChI is InChI=1S/C34H33FN4O6S/c1-34(2,24-12-14-37-15-13-24)38-32(41)23-7-5-6-22(18-23)26-19-27-29(20-28(26)39(16-17-40)46(4,43)44)45-31(30(27)33(42)36-3)21-8-10-25(35)11-9-21/h5-15,18-20,40H,16-17H2,1-4H3,(H,36,42)(H,38,41). The zero-order valence-corrected chi connectivity index (χ0v) is 26.5. The highest BCUT2D eigenvalue weighted by Crippen LogP contribution is 2.42. The van der Waals surface area contributed by atoms with Crippen LogP contribution in [0.25, 0.3) is 33.4 Å². The van der Waals surface area contributed by atoms with Gasteiger partial charge in [0.1, 0.15) is 17.2 Å². The number of nitrogens with zero attached hydrogens (tertiary/aromatic N) is 2. The van der Waals surface area contributed by atoms with Crippen LogP contribution in [-0.4, -0.2) is 56.8 Å². The second-order valence-corrected chi connectivity index (χ2v) is 13.1. The first-order chi connectivity index (χ1) is 21.8. The molecule has 10 nitrogen and oxygen atoms in total. The summed E-state index contributed by atoms with van der Waals surface area (Å²) in [6, 6.07) is 18.8. The average molecular weight is 645 g/mol. The van der Waals surface area contributed by atoms with Gasteiger partial charge >= 0.3 is 0 Å². The molecule has 0 radical (unpaired) electrons. The second-order valence-electron chi connectivity index (χ2n) is 11.2. The maximum Gasteiger partial charge on any atom is 0.255 e. The number of aliphatic hydroxyl groups is 1. The molecule has 0 fully saturated rings. The predicted octanol–water partition coefficient (Wildman–Crippen LogP) is 5.08. The molecule has 5 rings (SSSR count). The van der Waals surface area contributed by atoms with E-state index in [2.05, 4.69) is 15.6 Å². The largest absolute Gasteiger partial charge is 0.455 e. The first-order valence-corrected chi connectivity index (χ1v) is 16.2. The Balaban J connectivity index is 1.71. The summed E-state index contributed by atoms with van der Waals surface area (Å²) >= 11 is 0. The minimum Gasteiger partial charge on any atom is -0.455 e. The number of furan rings is 1. The van der Waals surface area contributed by atoms with E-state index in [0.29, 0.717) is 27.6 Å². The number of benzene rings is 3. The van der Waals surface area contributed by atoms with Crippen LogP contribution in [0.15, 0.2) is 89.6 Å². The number of anilines is 1. The lowest BCUT2D eigenvalue weighted by Gasteiger charge is -2.27. The summed E-state index contributed by atoms with van der Waals surface area (Å²) in [5, 5.41) is 15.8. The van der Waals surface area contributed by atoms with Gasteiger partial charge in [-0.1, -0.05) is 12.1 Å². The van der Waals surface area contributed by atoms with Crippen LogP contribution in [0, 0.1) is 5.82 Å². The topological polar surface area (TPSA) is 142 Å². The minimum atomic E-state index is -3.92. The van der Waals surface area contributed by atoms with E-state index >= 15 is 0 Å². The number of rotatable bonds is 10. The van der Waals surface area contributed by atoms with Crippen LogP contribution in [0.4, 0.5) is 10.1 Å². The number of aromatic nitrogens is 1. The number of halogens is 1. The molecule has 46 heavy (non-hydrogen) atoms. The number of nitrogens with one attached hydrogen (secondary N) is 2. The molecule has 238 valence electrons. The summed E-state index contributed by atoms with van der Waals surface area (Å²) in [7, 11) is -2.45. The fraction of sp³-hybridized carbons (Fsp3) is 0.206. The number of pyridine rings is 1. The highest BCUT2D eigenvalue weighted by molar-refractivity contribution is 7.92. The molecule has 0 aliphatic heterocycles. The third-order valence-electron chi connectivity index (χ3n) is 7.60. The van der Waals surface area contributed by atoms with Crippen molar-refractivity contribution in [2.75, 3.05) is 30.8 Å². The molecule has 2 aromatic heterocycles. The Morgan fingerprint density at radius 3 is 2.30 bits per heavy atom. The summed E-state index contributed by atoms with van der Waals surface area (Å²) in [6.07, 6.45) is 4.31. The van der Waals surface area contributed by atoms with Gasteiger partial charge in [-0.25, -0.2) is 12.8 Å². The summed E-state index contributed by atoms with van der Waals surface area (Å²) in [4.78, 5) is 30.8. The third-order valence-corrected chi connectivity index (χ3v) is 8.78. The molecule has 0 aliphatic rings. The average Bonchev–Trinajstić information content (AvgIpc) is 3.41. The van der Waals surface area contributed by atoms with Crippen LogP contribution >= 0.6 is 0 Å². The van der Waals surface area contributed by atoms with Crippen molar-refractivity contribution in [3.05, 3.63) is 108 Å². The van der Waals surface area contributed by atoms with Crippen LogP contribution in [-0.2, 0) is 15.6 Å². The molecular weight excluding hydrogens is 611 g/mol. The Labute approximate surface area is 265 Å². The van der Waals surface area contributed by atoms with Crippen LogP contribution in [0.5, 0.6) is 0 Å². The Hall–Kier alpha value is -5.07. The maximum atomic E-state index is 13.7. The van der Waals surface area contributed by atoms with Gasteiger partial charge in [0, 0.05) is 47.6 Å². The number of sulfonamides is 1. The highest BCUT2D eigenvalue weighted by Gasteiger charge is 2.28. The summed E-state index contributed by atoms with van der Waals surface area (Å²) < 4.78 is 46.9. The van der Waals surface area contributed by atoms with Gasteiger partial charge in [0.2, 0.25) is 10.0 Å². The van der Waals surface area contributed by atoms with Crippen molar-refractivity contribution in [3.8, 4) is 22.5 Å². The minimum absolute atomic E-state index is 0.164.